The molecule has 1 aromatic heterocycles. The number of nitriles is 2. The zero-order chi connectivity index (χ0) is 34.1. The standard InChI is InChI=1S/C45H28N4Si/c1-48-34-25-27-43-40(29-34)39-28-32(30-46)24-26-42(39)49(43)41-21-11-9-19-37(41)38-20-10-13-23-45(38)50(35-15-4-2-5-16-35,36-17-6-3-7-18-36)44-22-12-8-14-33(44)31-47/h2-29H. The Morgan fingerprint density at radius 1 is 0.520 bits per heavy atom. The highest BCUT2D eigenvalue weighted by Crippen LogP contribution is 2.38. The van der Waals surface area contributed by atoms with Crippen LogP contribution >= 0.6 is 0 Å². The lowest BCUT2D eigenvalue weighted by Gasteiger charge is -2.36. The normalized spacial score (nSPS) is 11.1. The average Bonchev–Trinajstić information content (AvgIpc) is 3.52. The summed E-state index contributed by atoms with van der Waals surface area (Å²) in [6.45, 7) is 7.70. The minimum atomic E-state index is -3.13. The van der Waals surface area contributed by atoms with Gasteiger partial charge in [-0.15, -0.1) is 0 Å². The highest BCUT2D eigenvalue weighted by atomic mass is 28.3. The van der Waals surface area contributed by atoms with E-state index in [-0.39, 0.29) is 0 Å². The predicted octanol–water partition coefficient (Wildman–Crippen LogP) is 8.12. The molecule has 0 aliphatic heterocycles. The molecule has 0 unspecified atom stereocenters. The van der Waals surface area contributed by atoms with E-state index >= 15 is 0 Å². The lowest BCUT2D eigenvalue weighted by molar-refractivity contribution is 1.18. The zero-order valence-corrected chi connectivity index (χ0v) is 28.0. The monoisotopic (exact) mass is 652 g/mol. The zero-order valence-electron chi connectivity index (χ0n) is 27.0. The number of aromatic nitrogens is 1. The second-order valence-electron chi connectivity index (χ2n) is 12.2. The van der Waals surface area contributed by atoms with Gasteiger partial charge in [-0.05, 0) is 74.2 Å². The molecule has 8 aromatic rings. The number of para-hydroxylation sites is 1. The van der Waals surface area contributed by atoms with E-state index in [2.05, 4.69) is 125 Å². The Balaban J connectivity index is 1.51. The minimum absolute atomic E-state index is 0.551. The maximum Gasteiger partial charge on any atom is 0.188 e. The number of fused-ring (bicyclic) bond motifs is 3. The molecule has 7 aromatic carbocycles. The summed E-state index contributed by atoms with van der Waals surface area (Å²) in [5.41, 5.74) is 6.80. The maximum atomic E-state index is 10.6. The van der Waals surface area contributed by atoms with E-state index in [0.29, 0.717) is 16.8 Å². The summed E-state index contributed by atoms with van der Waals surface area (Å²) >= 11 is 0. The molecule has 5 heteroatoms. The fourth-order valence-corrected chi connectivity index (χ4v) is 12.7. The van der Waals surface area contributed by atoms with Crippen LogP contribution in [0.5, 0.6) is 0 Å². The lowest BCUT2D eigenvalue weighted by atomic mass is 10.0. The molecule has 0 radical (unpaired) electrons. The Kier molecular flexibility index (Phi) is 7.63. The summed E-state index contributed by atoms with van der Waals surface area (Å²) in [5, 5.41) is 26.8. The van der Waals surface area contributed by atoms with Crippen molar-refractivity contribution in [3.05, 3.63) is 192 Å². The van der Waals surface area contributed by atoms with Crippen LogP contribution in [-0.2, 0) is 0 Å². The number of rotatable bonds is 6. The molecule has 0 atom stereocenters. The first-order chi connectivity index (χ1) is 24.7. The molecule has 0 spiro atoms. The molecule has 0 amide bonds. The number of nitrogens with zero attached hydrogens (tertiary/aromatic N) is 4. The molecule has 0 aliphatic rings. The average molecular weight is 653 g/mol. The summed E-state index contributed by atoms with van der Waals surface area (Å²) < 4.78 is 2.25. The van der Waals surface area contributed by atoms with E-state index in [0.717, 1.165) is 43.8 Å². The second kappa shape index (κ2) is 12.6. The molecular weight excluding hydrogens is 625 g/mol. The largest absolute Gasteiger partial charge is 0.309 e. The van der Waals surface area contributed by atoms with E-state index in [1.807, 2.05) is 66.7 Å². The molecule has 0 saturated heterocycles. The molecule has 0 saturated carbocycles. The third-order valence-corrected chi connectivity index (χ3v) is 14.5. The van der Waals surface area contributed by atoms with Gasteiger partial charge >= 0.3 is 0 Å². The van der Waals surface area contributed by atoms with Gasteiger partial charge in [0.2, 0.25) is 0 Å². The Labute approximate surface area is 291 Å². The minimum Gasteiger partial charge on any atom is -0.309 e. The van der Waals surface area contributed by atoms with Crippen molar-refractivity contribution in [3.63, 3.8) is 0 Å². The van der Waals surface area contributed by atoms with Crippen LogP contribution in [0.15, 0.2) is 170 Å². The van der Waals surface area contributed by atoms with Crippen LogP contribution in [0.1, 0.15) is 11.1 Å². The van der Waals surface area contributed by atoms with Gasteiger partial charge < -0.3 is 4.57 Å². The van der Waals surface area contributed by atoms with Gasteiger partial charge in [0.1, 0.15) is 0 Å². The molecule has 4 nitrogen and oxygen atoms in total. The van der Waals surface area contributed by atoms with Crippen LogP contribution in [0.4, 0.5) is 5.69 Å². The van der Waals surface area contributed by atoms with Gasteiger partial charge in [0.25, 0.3) is 0 Å². The fourth-order valence-electron chi connectivity index (χ4n) is 7.57. The maximum absolute atomic E-state index is 10.6. The summed E-state index contributed by atoms with van der Waals surface area (Å²) in [6, 6.07) is 62.9. The van der Waals surface area contributed by atoms with Gasteiger partial charge in [0, 0.05) is 10.9 Å². The molecule has 8 rings (SSSR count). The molecule has 0 N–H and O–H groups in total. The number of hydrogen-bond donors (Lipinski definition) is 0. The topological polar surface area (TPSA) is 56.9 Å². The third kappa shape index (κ3) is 4.72. The Morgan fingerprint density at radius 3 is 1.74 bits per heavy atom. The Hall–Kier alpha value is -6.97. The molecule has 232 valence electrons. The van der Waals surface area contributed by atoms with Crippen molar-refractivity contribution < 1.29 is 0 Å². The van der Waals surface area contributed by atoms with Gasteiger partial charge in [-0.2, -0.15) is 10.5 Å². The van der Waals surface area contributed by atoms with Crippen molar-refractivity contribution >= 4 is 56.3 Å². The van der Waals surface area contributed by atoms with Crippen molar-refractivity contribution in [1.82, 2.24) is 4.57 Å². The van der Waals surface area contributed by atoms with Gasteiger partial charge in [-0.3, -0.25) is 0 Å². The molecular formula is C45H28N4Si. The summed E-state index contributed by atoms with van der Waals surface area (Å²) in [7, 11) is -3.13. The third-order valence-electron chi connectivity index (χ3n) is 9.64. The Bertz CT molecular complexity index is 2580. The first-order valence-corrected chi connectivity index (χ1v) is 18.3. The van der Waals surface area contributed by atoms with E-state index in [1.165, 1.54) is 15.6 Å². The summed E-state index contributed by atoms with van der Waals surface area (Å²) in [6.07, 6.45) is 0. The second-order valence-corrected chi connectivity index (χ2v) is 15.9. The number of benzene rings is 7. The van der Waals surface area contributed by atoms with Crippen molar-refractivity contribution in [2.45, 2.75) is 0 Å². The molecule has 0 aliphatic carbocycles. The molecule has 1 heterocycles. The SMILES string of the molecule is [C-]#[N+]c1ccc2c(c1)c1cc(C#N)ccc1n2-c1ccccc1-c1ccccc1[Si](c1ccccc1)(c1ccccc1)c1ccccc1C#N. The van der Waals surface area contributed by atoms with E-state index < -0.39 is 8.07 Å². The first kappa shape index (κ1) is 30.4. The summed E-state index contributed by atoms with van der Waals surface area (Å²) in [4.78, 5) is 3.71. The van der Waals surface area contributed by atoms with Gasteiger partial charge in [0.15, 0.2) is 13.8 Å². The van der Waals surface area contributed by atoms with E-state index in [1.54, 1.807) is 0 Å². The Morgan fingerprint density at radius 2 is 1.08 bits per heavy atom. The van der Waals surface area contributed by atoms with Crippen LogP contribution in [0, 0.1) is 29.2 Å². The summed E-state index contributed by atoms with van der Waals surface area (Å²) in [5.74, 6) is 0. The van der Waals surface area contributed by atoms with E-state index in [9.17, 15) is 10.5 Å². The smallest absolute Gasteiger partial charge is 0.188 e. The predicted molar refractivity (Wildman–Crippen MR) is 206 cm³/mol. The quantitative estimate of drug-likeness (QED) is 0.104. The fraction of sp³-hybridized carbons (Fsp3) is 0. The van der Waals surface area contributed by atoms with Crippen molar-refractivity contribution in [1.29, 1.82) is 10.5 Å². The van der Waals surface area contributed by atoms with Crippen LogP contribution in [-0.4, -0.2) is 12.6 Å². The first-order valence-electron chi connectivity index (χ1n) is 16.3. The van der Waals surface area contributed by atoms with Crippen LogP contribution in [0.3, 0.4) is 0 Å². The molecule has 50 heavy (non-hydrogen) atoms. The van der Waals surface area contributed by atoms with Crippen LogP contribution < -0.4 is 20.7 Å². The molecule has 0 fully saturated rings. The molecule has 0 bridgehead atoms. The van der Waals surface area contributed by atoms with Crippen molar-refractivity contribution in [2.75, 3.05) is 0 Å². The highest BCUT2D eigenvalue weighted by molar-refractivity contribution is 7.20. The van der Waals surface area contributed by atoms with Crippen molar-refractivity contribution in [2.24, 2.45) is 0 Å². The van der Waals surface area contributed by atoms with Gasteiger partial charge in [-0.25, -0.2) is 4.85 Å². The van der Waals surface area contributed by atoms with E-state index in [4.69, 9.17) is 6.57 Å². The van der Waals surface area contributed by atoms with Gasteiger partial charge in [0.05, 0.1) is 46.6 Å². The van der Waals surface area contributed by atoms with Crippen LogP contribution in [0.25, 0.3) is 43.5 Å². The lowest BCUT2D eigenvalue weighted by Crippen LogP contribution is -2.75. The number of hydrogen-bond acceptors (Lipinski definition) is 2. The van der Waals surface area contributed by atoms with Crippen LogP contribution in [0.2, 0.25) is 0 Å². The van der Waals surface area contributed by atoms with Gasteiger partial charge in [-0.1, -0.05) is 127 Å². The highest BCUT2D eigenvalue weighted by Gasteiger charge is 2.44. The van der Waals surface area contributed by atoms with Crippen molar-refractivity contribution in [3.8, 4) is 29.0 Å².